The summed E-state index contributed by atoms with van der Waals surface area (Å²) in [5.41, 5.74) is 2.58. The van der Waals surface area contributed by atoms with Gasteiger partial charge in [0.25, 0.3) is 0 Å². The minimum Gasteiger partial charge on any atom is -0.355 e. The molecule has 3 aromatic rings. The van der Waals surface area contributed by atoms with Crippen LogP contribution in [0.25, 0.3) is 10.6 Å². The third kappa shape index (κ3) is 5.62. The van der Waals surface area contributed by atoms with Crippen LogP contribution in [0.2, 0.25) is 5.02 Å². The fraction of sp³-hybridized carbons (Fsp3) is 0.158. The Labute approximate surface area is 172 Å². The van der Waals surface area contributed by atoms with Gasteiger partial charge in [0.2, 0.25) is 15.9 Å². The Balaban J connectivity index is 1.49. The van der Waals surface area contributed by atoms with Crippen LogP contribution in [-0.2, 0) is 27.7 Å². The number of benzene rings is 2. The van der Waals surface area contributed by atoms with Gasteiger partial charge in [-0.3, -0.25) is 4.79 Å². The summed E-state index contributed by atoms with van der Waals surface area (Å²) < 4.78 is 22.5. The first-order valence-corrected chi connectivity index (χ1v) is 11.2. The second-order valence-electron chi connectivity index (χ2n) is 6.12. The lowest BCUT2D eigenvalue weighted by molar-refractivity contribution is -0.120. The Hall–Kier alpha value is -2.26. The Bertz CT molecular complexity index is 1060. The van der Waals surface area contributed by atoms with Crippen LogP contribution < -0.4 is 10.5 Å². The van der Waals surface area contributed by atoms with E-state index in [1.807, 2.05) is 17.5 Å². The first-order valence-electron chi connectivity index (χ1n) is 8.40. The zero-order valence-electron chi connectivity index (χ0n) is 14.8. The summed E-state index contributed by atoms with van der Waals surface area (Å²) in [7, 11) is -3.69. The van der Waals surface area contributed by atoms with Gasteiger partial charge >= 0.3 is 0 Å². The number of nitrogens with zero attached hydrogens (tertiary/aromatic N) is 1. The molecule has 0 spiro atoms. The molecule has 2 aromatic carbocycles. The van der Waals surface area contributed by atoms with Crippen LogP contribution in [0, 0.1) is 0 Å². The van der Waals surface area contributed by atoms with Gasteiger partial charge in [-0.2, -0.15) is 0 Å². The van der Waals surface area contributed by atoms with E-state index in [0.29, 0.717) is 23.7 Å². The van der Waals surface area contributed by atoms with E-state index in [1.54, 1.807) is 24.3 Å². The van der Waals surface area contributed by atoms with Crippen molar-refractivity contribution in [3.05, 3.63) is 70.2 Å². The van der Waals surface area contributed by atoms with Crippen LogP contribution in [0.5, 0.6) is 0 Å². The lowest BCUT2D eigenvalue weighted by atomic mass is 10.1. The van der Waals surface area contributed by atoms with Gasteiger partial charge in [0.1, 0.15) is 5.01 Å². The van der Waals surface area contributed by atoms with E-state index in [9.17, 15) is 13.2 Å². The minimum atomic E-state index is -3.69. The lowest BCUT2D eigenvalue weighted by Crippen LogP contribution is -2.27. The molecule has 0 unspecified atom stereocenters. The first kappa shape index (κ1) is 20.5. The Morgan fingerprint density at radius 2 is 1.79 bits per heavy atom. The molecule has 0 bridgehead atoms. The monoisotopic (exact) mass is 435 g/mol. The van der Waals surface area contributed by atoms with Gasteiger partial charge in [0.05, 0.1) is 17.0 Å². The van der Waals surface area contributed by atoms with E-state index in [-0.39, 0.29) is 17.2 Å². The molecule has 0 fully saturated rings. The van der Waals surface area contributed by atoms with Gasteiger partial charge in [-0.25, -0.2) is 18.5 Å². The first-order chi connectivity index (χ1) is 13.3. The average Bonchev–Trinajstić information content (AvgIpc) is 3.10. The molecule has 0 aliphatic rings. The summed E-state index contributed by atoms with van der Waals surface area (Å²) in [5, 5.41) is 11.3. The van der Waals surface area contributed by atoms with Crippen LogP contribution in [0.15, 0.2) is 58.8 Å². The Morgan fingerprint density at radius 1 is 1.11 bits per heavy atom. The van der Waals surface area contributed by atoms with Crippen LogP contribution in [0.3, 0.4) is 0 Å². The highest BCUT2D eigenvalue weighted by Crippen LogP contribution is 2.25. The number of thiazole rings is 1. The van der Waals surface area contributed by atoms with Crippen LogP contribution in [0.4, 0.5) is 0 Å². The number of rotatable bonds is 7. The highest BCUT2D eigenvalue weighted by molar-refractivity contribution is 7.89. The molecule has 3 rings (SSSR count). The maximum Gasteiger partial charge on any atom is 0.238 e. The summed E-state index contributed by atoms with van der Waals surface area (Å²) >= 11 is 7.37. The van der Waals surface area contributed by atoms with Gasteiger partial charge in [-0.15, -0.1) is 11.3 Å². The third-order valence-corrected chi connectivity index (χ3v) is 6.09. The second-order valence-corrected chi connectivity index (χ2v) is 8.97. The van der Waals surface area contributed by atoms with E-state index in [1.165, 1.54) is 23.5 Å². The zero-order chi connectivity index (χ0) is 20.1. The fourth-order valence-corrected chi connectivity index (χ4v) is 4.00. The largest absolute Gasteiger partial charge is 0.355 e. The van der Waals surface area contributed by atoms with E-state index in [2.05, 4.69) is 10.3 Å². The molecule has 0 atom stereocenters. The van der Waals surface area contributed by atoms with E-state index < -0.39 is 10.0 Å². The standard InChI is InChI=1S/C19H18ClN3O3S2/c20-15-5-3-14(4-6-15)19-23-16(12-27-19)11-18(24)22-10-9-13-1-7-17(8-2-13)28(21,25)26/h1-8,12H,9-11H2,(H,22,24)(H2,21,25,26). The van der Waals surface area contributed by atoms with Gasteiger partial charge in [-0.1, -0.05) is 35.9 Å². The number of hydrogen-bond donors (Lipinski definition) is 2. The van der Waals surface area contributed by atoms with Crippen molar-refractivity contribution in [2.24, 2.45) is 5.14 Å². The summed E-state index contributed by atoms with van der Waals surface area (Å²) in [6.45, 7) is 0.446. The second kappa shape index (κ2) is 8.83. The Kier molecular flexibility index (Phi) is 6.46. The quantitative estimate of drug-likeness (QED) is 0.595. The fourth-order valence-electron chi connectivity index (χ4n) is 2.53. The summed E-state index contributed by atoms with van der Waals surface area (Å²) in [5.74, 6) is -0.117. The van der Waals surface area contributed by atoms with Crippen LogP contribution >= 0.6 is 22.9 Å². The number of carbonyl (C=O) groups is 1. The number of sulfonamides is 1. The number of hydrogen-bond acceptors (Lipinski definition) is 5. The van der Waals surface area contributed by atoms with Gasteiger partial charge < -0.3 is 5.32 Å². The molecule has 28 heavy (non-hydrogen) atoms. The maximum absolute atomic E-state index is 12.1. The SMILES string of the molecule is NS(=O)(=O)c1ccc(CCNC(=O)Cc2csc(-c3ccc(Cl)cc3)n2)cc1. The molecule has 0 saturated heterocycles. The highest BCUT2D eigenvalue weighted by Gasteiger charge is 2.10. The number of primary sulfonamides is 1. The molecule has 0 aliphatic heterocycles. The molecule has 3 N–H and O–H groups in total. The molecule has 0 saturated carbocycles. The predicted molar refractivity (Wildman–Crippen MR) is 111 cm³/mol. The van der Waals surface area contributed by atoms with E-state index in [4.69, 9.17) is 16.7 Å². The van der Waals surface area contributed by atoms with Crippen molar-refractivity contribution in [1.82, 2.24) is 10.3 Å². The maximum atomic E-state index is 12.1. The molecular formula is C19H18ClN3O3S2. The number of amides is 1. The lowest BCUT2D eigenvalue weighted by Gasteiger charge is -2.05. The number of halogens is 1. The van der Waals surface area contributed by atoms with Crippen LogP contribution in [-0.4, -0.2) is 25.9 Å². The number of nitrogens with two attached hydrogens (primary N) is 1. The van der Waals surface area contributed by atoms with Gasteiger partial charge in [0, 0.05) is 22.5 Å². The van der Waals surface area contributed by atoms with Gasteiger partial charge in [0.15, 0.2) is 0 Å². The molecule has 1 heterocycles. The van der Waals surface area contributed by atoms with Crippen molar-refractivity contribution in [1.29, 1.82) is 0 Å². The van der Waals surface area contributed by atoms with Crippen molar-refractivity contribution in [3.63, 3.8) is 0 Å². The molecule has 146 valence electrons. The topological polar surface area (TPSA) is 102 Å². The molecule has 1 aromatic heterocycles. The smallest absolute Gasteiger partial charge is 0.238 e. The van der Waals surface area contributed by atoms with Crippen LogP contribution in [0.1, 0.15) is 11.3 Å². The molecule has 6 nitrogen and oxygen atoms in total. The van der Waals surface area contributed by atoms with Crippen molar-refractivity contribution in [2.45, 2.75) is 17.7 Å². The van der Waals surface area contributed by atoms with Gasteiger partial charge in [-0.05, 0) is 36.2 Å². The average molecular weight is 436 g/mol. The Morgan fingerprint density at radius 3 is 2.43 bits per heavy atom. The third-order valence-electron chi connectivity index (χ3n) is 3.97. The molecule has 1 amide bonds. The molecule has 9 heteroatoms. The predicted octanol–water partition coefficient (Wildman–Crippen LogP) is 3.01. The van der Waals surface area contributed by atoms with Crippen molar-refractivity contribution in [2.75, 3.05) is 6.54 Å². The number of nitrogens with one attached hydrogen (secondary N) is 1. The summed E-state index contributed by atoms with van der Waals surface area (Å²) in [4.78, 5) is 16.7. The van der Waals surface area contributed by atoms with E-state index in [0.717, 1.165) is 16.1 Å². The normalized spacial score (nSPS) is 11.4. The molecule has 0 radical (unpaired) electrons. The summed E-state index contributed by atoms with van der Waals surface area (Å²) in [6.07, 6.45) is 0.790. The highest BCUT2D eigenvalue weighted by atomic mass is 35.5. The number of carbonyl (C=O) groups excluding carboxylic acids is 1. The zero-order valence-corrected chi connectivity index (χ0v) is 17.2. The van der Waals surface area contributed by atoms with E-state index >= 15 is 0 Å². The molecule has 0 aliphatic carbocycles. The van der Waals surface area contributed by atoms with Crippen molar-refractivity contribution < 1.29 is 13.2 Å². The molecular weight excluding hydrogens is 418 g/mol. The minimum absolute atomic E-state index is 0.0697. The van der Waals surface area contributed by atoms with Crippen molar-refractivity contribution >= 4 is 38.9 Å². The number of aromatic nitrogens is 1. The van der Waals surface area contributed by atoms with Crippen molar-refractivity contribution in [3.8, 4) is 10.6 Å². The summed E-state index contributed by atoms with van der Waals surface area (Å²) in [6, 6.07) is 13.7.